The summed E-state index contributed by atoms with van der Waals surface area (Å²) in [7, 11) is 1.38. The maximum atomic E-state index is 11.3. The molecule has 0 fully saturated rings. The average molecular weight is 233 g/mol. The van der Waals surface area contributed by atoms with E-state index < -0.39 is 0 Å². The SMILES string of the molecule is COC(=O)CC(CN)c1ccc2occc2c1. The van der Waals surface area contributed by atoms with Crippen LogP contribution in [-0.2, 0) is 9.53 Å². The number of nitrogens with two attached hydrogens (primary N) is 1. The molecule has 0 aliphatic heterocycles. The van der Waals surface area contributed by atoms with Gasteiger partial charge in [0.15, 0.2) is 0 Å². The summed E-state index contributed by atoms with van der Waals surface area (Å²) in [5.41, 5.74) is 7.57. The first-order valence-electron chi connectivity index (χ1n) is 5.48. The van der Waals surface area contributed by atoms with Crippen LogP contribution in [0.3, 0.4) is 0 Å². The van der Waals surface area contributed by atoms with Gasteiger partial charge >= 0.3 is 5.97 Å². The number of methoxy groups -OCH3 is 1. The van der Waals surface area contributed by atoms with Crippen LogP contribution in [0.1, 0.15) is 17.9 Å². The van der Waals surface area contributed by atoms with Crippen molar-refractivity contribution in [1.82, 2.24) is 0 Å². The summed E-state index contributed by atoms with van der Waals surface area (Å²) < 4.78 is 9.93. The predicted octanol–water partition coefficient (Wildman–Crippen LogP) is 2.04. The highest BCUT2D eigenvalue weighted by Crippen LogP contribution is 2.24. The zero-order valence-corrected chi connectivity index (χ0v) is 9.68. The van der Waals surface area contributed by atoms with Crippen LogP contribution in [0.2, 0.25) is 0 Å². The fourth-order valence-electron chi connectivity index (χ4n) is 1.86. The van der Waals surface area contributed by atoms with Crippen LogP contribution in [0.4, 0.5) is 0 Å². The van der Waals surface area contributed by atoms with E-state index in [0.29, 0.717) is 13.0 Å². The zero-order valence-electron chi connectivity index (χ0n) is 9.68. The number of carbonyl (C=O) groups excluding carboxylic acids is 1. The van der Waals surface area contributed by atoms with Gasteiger partial charge in [-0.15, -0.1) is 0 Å². The molecule has 90 valence electrons. The molecule has 2 rings (SSSR count). The zero-order chi connectivity index (χ0) is 12.3. The van der Waals surface area contributed by atoms with Crippen molar-refractivity contribution in [2.75, 3.05) is 13.7 Å². The van der Waals surface area contributed by atoms with E-state index in [2.05, 4.69) is 4.74 Å². The van der Waals surface area contributed by atoms with Gasteiger partial charge in [0.2, 0.25) is 0 Å². The summed E-state index contributed by atoms with van der Waals surface area (Å²) in [4.78, 5) is 11.3. The molecule has 1 atom stereocenters. The first kappa shape index (κ1) is 11.7. The highest BCUT2D eigenvalue weighted by atomic mass is 16.5. The maximum absolute atomic E-state index is 11.3. The first-order chi connectivity index (χ1) is 8.24. The second-order valence-electron chi connectivity index (χ2n) is 3.93. The number of hydrogen-bond donors (Lipinski definition) is 1. The van der Waals surface area contributed by atoms with Gasteiger partial charge in [0.25, 0.3) is 0 Å². The number of ether oxygens (including phenoxy) is 1. The van der Waals surface area contributed by atoms with Gasteiger partial charge in [-0.3, -0.25) is 4.79 Å². The lowest BCUT2D eigenvalue weighted by atomic mass is 9.95. The van der Waals surface area contributed by atoms with Gasteiger partial charge < -0.3 is 14.9 Å². The van der Waals surface area contributed by atoms with E-state index in [9.17, 15) is 4.79 Å². The van der Waals surface area contributed by atoms with E-state index in [-0.39, 0.29) is 11.9 Å². The lowest BCUT2D eigenvalue weighted by Crippen LogP contribution is -2.17. The summed E-state index contributed by atoms with van der Waals surface area (Å²) in [6, 6.07) is 7.72. The lowest BCUT2D eigenvalue weighted by Gasteiger charge is -2.13. The van der Waals surface area contributed by atoms with Gasteiger partial charge in [-0.05, 0) is 30.3 Å². The Bertz CT molecular complexity index is 518. The largest absolute Gasteiger partial charge is 0.469 e. The summed E-state index contributed by atoms with van der Waals surface area (Å²) in [5, 5.41) is 1.02. The Morgan fingerprint density at radius 3 is 3.00 bits per heavy atom. The molecule has 0 aliphatic carbocycles. The fourth-order valence-corrected chi connectivity index (χ4v) is 1.86. The van der Waals surface area contributed by atoms with Crippen molar-refractivity contribution >= 4 is 16.9 Å². The van der Waals surface area contributed by atoms with Crippen LogP contribution in [0.25, 0.3) is 11.0 Å². The third kappa shape index (κ3) is 2.47. The highest BCUT2D eigenvalue weighted by molar-refractivity contribution is 5.78. The van der Waals surface area contributed by atoms with Crippen molar-refractivity contribution < 1.29 is 13.9 Å². The molecule has 1 unspecified atom stereocenters. The minimum Gasteiger partial charge on any atom is -0.469 e. The Morgan fingerprint density at radius 2 is 2.29 bits per heavy atom. The second kappa shape index (κ2) is 5.01. The molecule has 4 heteroatoms. The number of carbonyl (C=O) groups is 1. The molecule has 0 radical (unpaired) electrons. The molecular formula is C13H15NO3. The molecule has 1 aromatic heterocycles. The molecule has 2 N–H and O–H groups in total. The third-order valence-corrected chi connectivity index (χ3v) is 2.87. The molecular weight excluding hydrogens is 218 g/mol. The van der Waals surface area contributed by atoms with Gasteiger partial charge in [-0.25, -0.2) is 0 Å². The Labute approximate surface area is 99.3 Å². The normalized spacial score (nSPS) is 12.6. The number of rotatable bonds is 4. The summed E-state index contributed by atoms with van der Waals surface area (Å²) >= 11 is 0. The Hall–Kier alpha value is -1.81. The molecule has 0 amide bonds. The van der Waals surface area contributed by atoms with Gasteiger partial charge in [0, 0.05) is 11.3 Å². The molecule has 0 spiro atoms. The lowest BCUT2D eigenvalue weighted by molar-refractivity contribution is -0.141. The minimum absolute atomic E-state index is 0.0123. The molecule has 0 saturated carbocycles. The summed E-state index contributed by atoms with van der Waals surface area (Å²) in [6.07, 6.45) is 1.95. The molecule has 17 heavy (non-hydrogen) atoms. The van der Waals surface area contributed by atoms with Crippen molar-refractivity contribution in [1.29, 1.82) is 0 Å². The van der Waals surface area contributed by atoms with Crippen molar-refractivity contribution in [3.63, 3.8) is 0 Å². The highest BCUT2D eigenvalue weighted by Gasteiger charge is 2.15. The Morgan fingerprint density at radius 1 is 1.47 bits per heavy atom. The smallest absolute Gasteiger partial charge is 0.306 e. The van der Waals surface area contributed by atoms with Crippen LogP contribution >= 0.6 is 0 Å². The average Bonchev–Trinajstić information content (AvgIpc) is 2.82. The third-order valence-electron chi connectivity index (χ3n) is 2.87. The maximum Gasteiger partial charge on any atom is 0.306 e. The van der Waals surface area contributed by atoms with Crippen LogP contribution < -0.4 is 5.73 Å². The van der Waals surface area contributed by atoms with Crippen LogP contribution in [-0.4, -0.2) is 19.6 Å². The Balaban J connectivity index is 2.26. The van der Waals surface area contributed by atoms with Crippen LogP contribution in [0.15, 0.2) is 34.9 Å². The van der Waals surface area contributed by atoms with Crippen molar-refractivity contribution in [2.24, 2.45) is 5.73 Å². The van der Waals surface area contributed by atoms with Gasteiger partial charge in [0.1, 0.15) is 5.58 Å². The molecule has 2 aromatic rings. The number of esters is 1. The summed E-state index contributed by atoms with van der Waals surface area (Å²) in [5.74, 6) is -0.255. The fraction of sp³-hybridized carbons (Fsp3) is 0.308. The van der Waals surface area contributed by atoms with Gasteiger partial charge in [-0.2, -0.15) is 0 Å². The van der Waals surface area contributed by atoms with Crippen molar-refractivity contribution in [2.45, 2.75) is 12.3 Å². The monoisotopic (exact) mass is 233 g/mol. The van der Waals surface area contributed by atoms with E-state index >= 15 is 0 Å². The topological polar surface area (TPSA) is 65.5 Å². The van der Waals surface area contributed by atoms with Crippen LogP contribution in [0.5, 0.6) is 0 Å². The number of fused-ring (bicyclic) bond motifs is 1. The molecule has 0 aliphatic rings. The van der Waals surface area contributed by atoms with Crippen LogP contribution in [0, 0.1) is 0 Å². The first-order valence-corrected chi connectivity index (χ1v) is 5.48. The minimum atomic E-state index is -0.243. The standard InChI is InChI=1S/C13H15NO3/c1-16-13(15)7-11(8-14)9-2-3-12-10(6-9)4-5-17-12/h2-6,11H,7-8,14H2,1H3. The predicted molar refractivity (Wildman–Crippen MR) is 64.6 cm³/mol. The number of benzene rings is 1. The van der Waals surface area contributed by atoms with E-state index in [4.69, 9.17) is 10.2 Å². The van der Waals surface area contributed by atoms with E-state index in [1.807, 2.05) is 24.3 Å². The number of furan rings is 1. The molecule has 1 heterocycles. The molecule has 4 nitrogen and oxygen atoms in total. The van der Waals surface area contributed by atoms with Gasteiger partial charge in [0.05, 0.1) is 19.8 Å². The van der Waals surface area contributed by atoms with Crippen molar-refractivity contribution in [3.05, 3.63) is 36.1 Å². The summed E-state index contributed by atoms with van der Waals surface area (Å²) in [6.45, 7) is 0.415. The van der Waals surface area contributed by atoms with E-state index in [0.717, 1.165) is 16.5 Å². The number of hydrogen-bond acceptors (Lipinski definition) is 4. The van der Waals surface area contributed by atoms with E-state index in [1.54, 1.807) is 6.26 Å². The Kier molecular flexibility index (Phi) is 3.44. The van der Waals surface area contributed by atoms with Crippen molar-refractivity contribution in [3.8, 4) is 0 Å². The van der Waals surface area contributed by atoms with Gasteiger partial charge in [-0.1, -0.05) is 6.07 Å². The quantitative estimate of drug-likeness (QED) is 0.821. The van der Waals surface area contributed by atoms with E-state index in [1.165, 1.54) is 7.11 Å². The molecule has 0 bridgehead atoms. The second-order valence-corrected chi connectivity index (χ2v) is 3.93. The molecule has 0 saturated heterocycles. The molecule has 1 aromatic carbocycles.